The summed E-state index contributed by atoms with van der Waals surface area (Å²) in [5, 5.41) is 9.80. The minimum absolute atomic E-state index is 0.620. The van der Waals surface area contributed by atoms with Crippen LogP contribution in [0.15, 0.2) is 24.5 Å². The van der Waals surface area contributed by atoms with Gasteiger partial charge in [0, 0.05) is 19.0 Å². The van der Waals surface area contributed by atoms with Gasteiger partial charge in [-0.2, -0.15) is 10.1 Å². The van der Waals surface area contributed by atoms with Crippen molar-refractivity contribution in [2.75, 3.05) is 18.5 Å². The molecule has 17 heavy (non-hydrogen) atoms. The number of H-pyrrole nitrogens is 1. The van der Waals surface area contributed by atoms with E-state index < -0.39 is 0 Å². The topological polar surface area (TPSA) is 75.7 Å². The molecule has 6 heteroatoms. The van der Waals surface area contributed by atoms with E-state index in [2.05, 4.69) is 25.5 Å². The Bertz CT molecular complexity index is 443. The predicted molar refractivity (Wildman–Crippen MR) is 64.0 cm³/mol. The lowest BCUT2D eigenvalue weighted by Crippen LogP contribution is -2.07. The molecule has 0 aliphatic rings. The van der Waals surface area contributed by atoms with Crippen molar-refractivity contribution in [2.24, 2.45) is 0 Å². The van der Waals surface area contributed by atoms with Crippen molar-refractivity contribution in [2.45, 2.75) is 13.3 Å². The first-order valence-electron chi connectivity index (χ1n) is 5.56. The average Bonchev–Trinajstić information content (AvgIpc) is 2.83. The van der Waals surface area contributed by atoms with Crippen molar-refractivity contribution in [1.82, 2.24) is 20.2 Å². The summed E-state index contributed by atoms with van der Waals surface area (Å²) >= 11 is 0. The van der Waals surface area contributed by atoms with Crippen LogP contribution in [0.1, 0.15) is 12.7 Å². The monoisotopic (exact) mass is 233 g/mol. The highest BCUT2D eigenvalue weighted by molar-refractivity contribution is 5.36. The van der Waals surface area contributed by atoms with Crippen molar-refractivity contribution in [3.63, 3.8) is 0 Å². The molecule has 2 N–H and O–H groups in total. The van der Waals surface area contributed by atoms with Crippen LogP contribution in [0.5, 0.6) is 5.88 Å². The second-order valence-electron chi connectivity index (χ2n) is 3.40. The number of nitrogens with one attached hydrogen (secondary N) is 2. The summed E-state index contributed by atoms with van der Waals surface area (Å²) in [6, 6.07) is 5.66. The summed E-state index contributed by atoms with van der Waals surface area (Å²) in [6.45, 7) is 3.30. The first kappa shape index (κ1) is 11.4. The summed E-state index contributed by atoms with van der Waals surface area (Å²) in [5.41, 5.74) is 0. The highest BCUT2D eigenvalue weighted by Gasteiger charge is 1.99. The third-order valence-corrected chi connectivity index (χ3v) is 2.15. The van der Waals surface area contributed by atoms with Crippen molar-refractivity contribution in [3.05, 3.63) is 30.4 Å². The van der Waals surface area contributed by atoms with Gasteiger partial charge in [0.2, 0.25) is 5.88 Å². The zero-order valence-corrected chi connectivity index (χ0v) is 9.68. The first-order chi connectivity index (χ1) is 8.38. The van der Waals surface area contributed by atoms with E-state index in [1.54, 1.807) is 0 Å². The molecule has 0 aromatic carbocycles. The van der Waals surface area contributed by atoms with Crippen LogP contribution in [0.2, 0.25) is 0 Å². The minimum atomic E-state index is 0.620. The summed E-state index contributed by atoms with van der Waals surface area (Å²) in [7, 11) is 0. The van der Waals surface area contributed by atoms with Gasteiger partial charge in [0.1, 0.15) is 18.0 Å². The SMILES string of the molecule is CCOc1cccc(NCCc2ncn[nH]2)n1. The molecule has 0 unspecified atom stereocenters. The molecule has 90 valence electrons. The van der Waals surface area contributed by atoms with Crippen LogP contribution < -0.4 is 10.1 Å². The molecule has 0 fully saturated rings. The molecule has 0 aliphatic heterocycles. The van der Waals surface area contributed by atoms with Gasteiger partial charge in [0.25, 0.3) is 0 Å². The molecule has 2 aromatic heterocycles. The van der Waals surface area contributed by atoms with E-state index in [4.69, 9.17) is 4.74 Å². The quantitative estimate of drug-likeness (QED) is 0.785. The van der Waals surface area contributed by atoms with Gasteiger partial charge in [-0.3, -0.25) is 5.10 Å². The average molecular weight is 233 g/mol. The van der Waals surface area contributed by atoms with Gasteiger partial charge in [0.15, 0.2) is 0 Å². The fourth-order valence-electron chi connectivity index (χ4n) is 1.40. The Morgan fingerprint density at radius 2 is 2.35 bits per heavy atom. The molecule has 0 radical (unpaired) electrons. The Balaban J connectivity index is 1.84. The Morgan fingerprint density at radius 3 is 3.12 bits per heavy atom. The zero-order chi connectivity index (χ0) is 11.9. The molecule has 0 atom stereocenters. The molecule has 0 bridgehead atoms. The number of hydrogen-bond donors (Lipinski definition) is 2. The van der Waals surface area contributed by atoms with Crippen LogP contribution in [0.4, 0.5) is 5.82 Å². The van der Waals surface area contributed by atoms with Crippen LogP contribution in [0.3, 0.4) is 0 Å². The highest BCUT2D eigenvalue weighted by Crippen LogP contribution is 2.10. The molecule has 0 saturated carbocycles. The summed E-state index contributed by atoms with van der Waals surface area (Å²) in [6.07, 6.45) is 2.28. The van der Waals surface area contributed by atoms with Gasteiger partial charge in [-0.15, -0.1) is 0 Å². The third kappa shape index (κ3) is 3.44. The largest absolute Gasteiger partial charge is 0.478 e. The normalized spacial score (nSPS) is 10.2. The Morgan fingerprint density at radius 1 is 1.41 bits per heavy atom. The second kappa shape index (κ2) is 5.83. The summed E-state index contributed by atoms with van der Waals surface area (Å²) in [4.78, 5) is 8.34. The van der Waals surface area contributed by atoms with Crippen LogP contribution in [0, 0.1) is 0 Å². The second-order valence-corrected chi connectivity index (χ2v) is 3.40. The minimum Gasteiger partial charge on any atom is -0.478 e. The molecular weight excluding hydrogens is 218 g/mol. The molecule has 0 amide bonds. The van der Waals surface area contributed by atoms with E-state index in [0.717, 1.165) is 24.6 Å². The number of ether oxygens (including phenoxy) is 1. The van der Waals surface area contributed by atoms with Crippen LogP contribution in [-0.4, -0.2) is 33.3 Å². The number of hydrogen-bond acceptors (Lipinski definition) is 5. The van der Waals surface area contributed by atoms with Crippen molar-refractivity contribution < 1.29 is 4.74 Å². The molecule has 2 heterocycles. The van der Waals surface area contributed by atoms with Gasteiger partial charge in [-0.25, -0.2) is 4.98 Å². The highest BCUT2D eigenvalue weighted by atomic mass is 16.5. The maximum atomic E-state index is 5.32. The number of anilines is 1. The Hall–Kier alpha value is -2.11. The van der Waals surface area contributed by atoms with Crippen molar-refractivity contribution in [1.29, 1.82) is 0 Å². The molecule has 2 rings (SSSR count). The van der Waals surface area contributed by atoms with Crippen molar-refractivity contribution in [3.8, 4) is 5.88 Å². The standard InChI is InChI=1S/C11H15N5O/c1-2-17-11-5-3-4-9(15-11)12-7-6-10-13-8-14-16-10/h3-5,8H,2,6-7H2,1H3,(H,12,15)(H,13,14,16). The van der Waals surface area contributed by atoms with Gasteiger partial charge < -0.3 is 10.1 Å². The van der Waals surface area contributed by atoms with E-state index >= 15 is 0 Å². The molecule has 0 aliphatic carbocycles. The summed E-state index contributed by atoms with van der Waals surface area (Å²) < 4.78 is 5.32. The van der Waals surface area contributed by atoms with Gasteiger partial charge >= 0.3 is 0 Å². The zero-order valence-electron chi connectivity index (χ0n) is 9.68. The van der Waals surface area contributed by atoms with E-state index in [1.807, 2.05) is 25.1 Å². The lowest BCUT2D eigenvalue weighted by atomic mass is 10.4. The molecule has 0 saturated heterocycles. The van der Waals surface area contributed by atoms with E-state index in [0.29, 0.717) is 12.5 Å². The number of nitrogens with zero attached hydrogens (tertiary/aromatic N) is 3. The maximum absolute atomic E-state index is 5.32. The third-order valence-electron chi connectivity index (χ3n) is 2.15. The van der Waals surface area contributed by atoms with Crippen LogP contribution >= 0.6 is 0 Å². The number of aromatic amines is 1. The van der Waals surface area contributed by atoms with Crippen LogP contribution in [-0.2, 0) is 6.42 Å². The smallest absolute Gasteiger partial charge is 0.215 e. The van der Waals surface area contributed by atoms with Crippen molar-refractivity contribution >= 4 is 5.82 Å². The number of aromatic nitrogens is 4. The van der Waals surface area contributed by atoms with Crippen LogP contribution in [0.25, 0.3) is 0 Å². The van der Waals surface area contributed by atoms with Gasteiger partial charge in [-0.1, -0.05) is 6.07 Å². The number of pyridine rings is 1. The maximum Gasteiger partial charge on any atom is 0.215 e. The van der Waals surface area contributed by atoms with E-state index in [1.165, 1.54) is 6.33 Å². The predicted octanol–water partition coefficient (Wildman–Crippen LogP) is 1.25. The fourth-order valence-corrected chi connectivity index (χ4v) is 1.40. The number of rotatable bonds is 6. The summed E-state index contributed by atoms with van der Waals surface area (Å²) in [5.74, 6) is 2.30. The van der Waals surface area contributed by atoms with Gasteiger partial charge in [0.05, 0.1) is 6.61 Å². The van der Waals surface area contributed by atoms with E-state index in [-0.39, 0.29) is 0 Å². The first-order valence-corrected chi connectivity index (χ1v) is 5.56. The molecule has 2 aromatic rings. The Labute approximate surface area is 99.4 Å². The molecule has 6 nitrogen and oxygen atoms in total. The lowest BCUT2D eigenvalue weighted by Gasteiger charge is -2.06. The molecular formula is C11H15N5O. The fraction of sp³-hybridized carbons (Fsp3) is 0.364. The lowest BCUT2D eigenvalue weighted by molar-refractivity contribution is 0.327. The van der Waals surface area contributed by atoms with Gasteiger partial charge in [-0.05, 0) is 13.0 Å². The molecule has 0 spiro atoms. The Kier molecular flexibility index (Phi) is 3.90. The van der Waals surface area contributed by atoms with E-state index in [9.17, 15) is 0 Å².